The number of para-hydroxylation sites is 2. The molecular weight excluding hydrogens is 1000 g/mol. The highest BCUT2D eigenvalue weighted by Crippen LogP contribution is 2.43. The Morgan fingerprint density at radius 2 is 0.573 bits per heavy atom. The molecule has 7 heteroatoms. The maximum absolute atomic E-state index is 14.0. The lowest BCUT2D eigenvalue weighted by Gasteiger charge is -2.17. The molecule has 1 aliphatic heterocycles. The number of benzene rings is 12. The largest absolute Gasteiger partial charge is 0.309 e. The number of rotatable bonds is 8. The molecule has 3 aromatic heterocycles. The number of hydrogen-bond acceptors (Lipinski definition) is 3. The van der Waals surface area contributed by atoms with Crippen LogP contribution in [0.15, 0.2) is 273 Å². The molecule has 0 saturated heterocycles. The van der Waals surface area contributed by atoms with Crippen LogP contribution in [0.3, 0.4) is 0 Å². The average molecular weight is 1050 g/mol. The van der Waals surface area contributed by atoms with Gasteiger partial charge in [-0.2, -0.15) is 5.26 Å². The molecule has 82 heavy (non-hydrogen) atoms. The van der Waals surface area contributed by atoms with Gasteiger partial charge in [-0.05, 0) is 160 Å². The van der Waals surface area contributed by atoms with Crippen molar-refractivity contribution in [3.63, 3.8) is 0 Å². The van der Waals surface area contributed by atoms with E-state index >= 15 is 0 Å². The zero-order valence-electron chi connectivity index (χ0n) is 44.0. The topological polar surface area (TPSA) is 76.0 Å². The van der Waals surface area contributed by atoms with E-state index in [0.29, 0.717) is 28.1 Å². The molecule has 12 aromatic carbocycles. The first-order chi connectivity index (χ1) is 40.4. The minimum Gasteiger partial charge on any atom is -0.309 e. The van der Waals surface area contributed by atoms with Gasteiger partial charge in [0.05, 0.1) is 61.5 Å². The fourth-order valence-electron chi connectivity index (χ4n) is 12.7. The Labute approximate surface area is 471 Å². The van der Waals surface area contributed by atoms with Gasteiger partial charge >= 0.3 is 0 Å². The lowest BCUT2D eigenvalue weighted by molar-refractivity contribution is 0.0926. The zero-order chi connectivity index (χ0) is 54.6. The molecule has 0 radical (unpaired) electrons. The molecule has 16 rings (SSSR count). The van der Waals surface area contributed by atoms with Crippen LogP contribution in [-0.4, -0.2) is 25.5 Å². The Morgan fingerprint density at radius 3 is 0.988 bits per heavy atom. The van der Waals surface area contributed by atoms with Crippen LogP contribution in [0, 0.1) is 11.3 Å². The second-order valence-electron chi connectivity index (χ2n) is 21.1. The van der Waals surface area contributed by atoms with Crippen molar-refractivity contribution in [2.45, 2.75) is 0 Å². The van der Waals surface area contributed by atoms with Gasteiger partial charge in [-0.25, -0.2) is 4.90 Å². The number of imide groups is 1. The lowest BCUT2D eigenvalue weighted by Crippen LogP contribution is -2.29. The van der Waals surface area contributed by atoms with E-state index in [9.17, 15) is 14.9 Å². The fraction of sp³-hybridized carbons (Fsp3) is 0. The fourth-order valence-corrected chi connectivity index (χ4v) is 12.7. The molecule has 1 aliphatic rings. The number of anilines is 1. The normalized spacial score (nSPS) is 12.4. The van der Waals surface area contributed by atoms with E-state index in [-0.39, 0.29) is 0 Å². The number of nitriles is 1. The third-order valence-corrected chi connectivity index (χ3v) is 16.6. The Balaban J connectivity index is 0.857. The molecule has 0 fully saturated rings. The number of amides is 2. The smallest absolute Gasteiger partial charge is 0.266 e. The highest BCUT2D eigenvalue weighted by atomic mass is 16.2. The third kappa shape index (κ3) is 7.29. The van der Waals surface area contributed by atoms with Gasteiger partial charge < -0.3 is 13.7 Å². The molecule has 0 spiro atoms. The van der Waals surface area contributed by atoms with Crippen LogP contribution in [0.2, 0.25) is 0 Å². The molecule has 7 nitrogen and oxygen atoms in total. The standard InChI is InChI=1S/C75H45N5O2/c76-46-47-39-58(45-59(40-47)80-74(81)62-19-7-8-20-63(62)75(80)82)79-72-37-29-54(52-27-35-70-64(41-52)60-17-9-11-21-68(60)77(70)56-31-23-50(24-32-56)48-13-3-1-4-14-48)43-66(72)67-44-55(30-38-73(67)79)53-28-36-71-65(42-53)61-18-10-12-22-69(61)78(71)57-33-25-51(26-34-57)49-15-5-2-6-16-49/h1-45H. The van der Waals surface area contributed by atoms with Crippen molar-refractivity contribution < 1.29 is 9.59 Å². The highest BCUT2D eigenvalue weighted by Gasteiger charge is 2.37. The zero-order valence-corrected chi connectivity index (χ0v) is 44.0. The van der Waals surface area contributed by atoms with E-state index in [4.69, 9.17) is 0 Å². The summed E-state index contributed by atoms with van der Waals surface area (Å²) in [5.41, 5.74) is 19.5. The second-order valence-corrected chi connectivity index (χ2v) is 21.1. The van der Waals surface area contributed by atoms with Gasteiger partial charge in [-0.1, -0.05) is 158 Å². The first-order valence-corrected chi connectivity index (χ1v) is 27.4. The number of carbonyl (C=O) groups excluding carboxylic acids is 2. The van der Waals surface area contributed by atoms with Crippen molar-refractivity contribution in [3.05, 3.63) is 290 Å². The van der Waals surface area contributed by atoms with E-state index in [1.807, 2.05) is 24.3 Å². The molecule has 0 saturated carbocycles. The summed E-state index contributed by atoms with van der Waals surface area (Å²) in [6.07, 6.45) is 0. The van der Waals surface area contributed by atoms with Crippen LogP contribution in [0.25, 0.3) is 127 Å². The van der Waals surface area contributed by atoms with Gasteiger partial charge in [0, 0.05) is 49.4 Å². The Morgan fingerprint density at radius 1 is 0.256 bits per heavy atom. The third-order valence-electron chi connectivity index (χ3n) is 16.6. The first kappa shape index (κ1) is 46.7. The van der Waals surface area contributed by atoms with Crippen molar-refractivity contribution >= 4 is 82.9 Å². The molecule has 4 heterocycles. The summed E-state index contributed by atoms with van der Waals surface area (Å²) < 4.78 is 6.86. The minimum atomic E-state index is -0.416. The van der Waals surface area contributed by atoms with Crippen LogP contribution in [0.5, 0.6) is 0 Å². The summed E-state index contributed by atoms with van der Waals surface area (Å²) in [6.45, 7) is 0. The van der Waals surface area contributed by atoms with Gasteiger partial charge in [0.2, 0.25) is 0 Å². The van der Waals surface area contributed by atoms with E-state index in [2.05, 4.69) is 238 Å². The maximum atomic E-state index is 14.0. The van der Waals surface area contributed by atoms with Crippen LogP contribution < -0.4 is 4.90 Å². The van der Waals surface area contributed by atoms with Crippen LogP contribution in [0.1, 0.15) is 26.3 Å². The number of hydrogen-bond donors (Lipinski definition) is 0. The predicted molar refractivity (Wildman–Crippen MR) is 334 cm³/mol. The summed E-state index contributed by atoms with van der Waals surface area (Å²) in [7, 11) is 0. The second kappa shape index (κ2) is 18.4. The van der Waals surface area contributed by atoms with Gasteiger partial charge in [-0.3, -0.25) is 9.59 Å². The summed E-state index contributed by atoms with van der Waals surface area (Å²) in [6, 6.07) is 97.0. The average Bonchev–Trinajstić information content (AvgIpc) is 4.27. The number of aromatic nitrogens is 3. The lowest BCUT2D eigenvalue weighted by atomic mass is 9.98. The summed E-state index contributed by atoms with van der Waals surface area (Å²) in [5.74, 6) is -0.833. The number of fused-ring (bicyclic) bond motifs is 10. The molecule has 0 aliphatic carbocycles. The van der Waals surface area contributed by atoms with Crippen LogP contribution >= 0.6 is 0 Å². The van der Waals surface area contributed by atoms with Crippen LogP contribution in [0.4, 0.5) is 5.69 Å². The van der Waals surface area contributed by atoms with Crippen molar-refractivity contribution in [1.82, 2.24) is 13.7 Å². The Bertz CT molecular complexity index is 4900. The van der Waals surface area contributed by atoms with E-state index in [1.54, 1.807) is 30.3 Å². The van der Waals surface area contributed by atoms with E-state index in [0.717, 1.165) is 88.3 Å². The van der Waals surface area contributed by atoms with E-state index in [1.165, 1.54) is 37.9 Å². The number of carbonyl (C=O) groups is 2. The first-order valence-electron chi connectivity index (χ1n) is 27.4. The van der Waals surface area contributed by atoms with Gasteiger partial charge in [0.1, 0.15) is 0 Å². The molecule has 15 aromatic rings. The van der Waals surface area contributed by atoms with Crippen molar-refractivity contribution in [3.8, 4) is 67.6 Å². The van der Waals surface area contributed by atoms with Gasteiger partial charge in [0.15, 0.2) is 0 Å². The summed E-state index contributed by atoms with van der Waals surface area (Å²) in [4.78, 5) is 29.1. The molecular formula is C75H45N5O2. The number of nitrogens with zero attached hydrogens (tertiary/aromatic N) is 5. The molecule has 2 amide bonds. The van der Waals surface area contributed by atoms with Gasteiger partial charge in [0.25, 0.3) is 11.8 Å². The van der Waals surface area contributed by atoms with Crippen molar-refractivity contribution in [2.24, 2.45) is 0 Å². The highest BCUT2D eigenvalue weighted by molar-refractivity contribution is 6.34. The Hall–Kier alpha value is -11.3. The van der Waals surface area contributed by atoms with Crippen molar-refractivity contribution in [1.29, 1.82) is 5.26 Å². The Kier molecular flexibility index (Phi) is 10.5. The van der Waals surface area contributed by atoms with Crippen LogP contribution in [-0.2, 0) is 0 Å². The molecule has 0 unspecified atom stereocenters. The monoisotopic (exact) mass is 1050 g/mol. The molecule has 0 atom stereocenters. The summed E-state index contributed by atoms with van der Waals surface area (Å²) >= 11 is 0. The maximum Gasteiger partial charge on any atom is 0.266 e. The van der Waals surface area contributed by atoms with Gasteiger partial charge in [-0.15, -0.1) is 0 Å². The predicted octanol–water partition coefficient (Wildman–Crippen LogP) is 18.3. The van der Waals surface area contributed by atoms with Crippen molar-refractivity contribution in [2.75, 3.05) is 4.90 Å². The summed E-state index contributed by atoms with van der Waals surface area (Å²) in [5, 5.41) is 17.2. The SMILES string of the molecule is N#Cc1cc(N2C(=O)c3ccccc3C2=O)cc(-n2c3ccc(-c4ccc5c(c4)c4ccccc4n5-c4ccc(-c5ccccc5)cc4)cc3c3cc(-c4ccc5c(c4)c4ccccc4n5-c4ccc(-c5ccccc5)cc4)ccc32)c1. The molecule has 0 bridgehead atoms. The minimum absolute atomic E-state index is 0.325. The molecule has 0 N–H and O–H groups in total. The van der Waals surface area contributed by atoms with E-state index < -0.39 is 11.8 Å². The quantitative estimate of drug-likeness (QED) is 0.142. The molecule has 382 valence electrons.